The number of rotatable bonds is 3. The van der Waals surface area contributed by atoms with Crippen LogP contribution in [0, 0.1) is 6.92 Å². The van der Waals surface area contributed by atoms with Crippen LogP contribution in [0.1, 0.15) is 5.56 Å². The first-order valence-electron chi connectivity index (χ1n) is 14.2. The molecular weight excluding hydrogens is 517 g/mol. The van der Waals surface area contributed by atoms with E-state index in [1.807, 2.05) is 30.3 Å². The average molecular weight is 541 g/mol. The van der Waals surface area contributed by atoms with Crippen molar-refractivity contribution >= 4 is 62.1 Å². The molecule has 0 bridgehead atoms. The number of ether oxygens (including phenoxy) is 2. The van der Waals surface area contributed by atoms with Crippen LogP contribution in [0.2, 0.25) is 0 Å². The zero-order chi connectivity index (χ0) is 27.8. The van der Waals surface area contributed by atoms with Crippen LogP contribution < -0.4 is 30.8 Å². The maximum Gasteiger partial charge on any atom is 0.260 e. The van der Waals surface area contributed by atoms with Crippen molar-refractivity contribution in [2.75, 3.05) is 4.90 Å². The van der Waals surface area contributed by atoms with Crippen LogP contribution in [0.5, 0.6) is 23.0 Å². The standard InChI is InChI=1S/C37H24BNO3/c1-23-10-9-13-25(20-23)39(24-11-3-2-4-12-24)26-18-19-27-28-22-34-35-37(36(28)42-33(27)21-26)41-32-17-8-6-15-30(32)38(35)29-14-5-7-16-31(29)40-34/h2-22H,1H3. The Bertz CT molecular complexity index is 2170. The highest BCUT2D eigenvalue weighted by molar-refractivity contribution is 6.98. The normalized spacial score (nSPS) is 12.7. The monoisotopic (exact) mass is 541 g/mol. The summed E-state index contributed by atoms with van der Waals surface area (Å²) in [5.41, 5.74) is 9.23. The molecule has 0 fully saturated rings. The van der Waals surface area contributed by atoms with Gasteiger partial charge in [-0.1, -0.05) is 66.7 Å². The van der Waals surface area contributed by atoms with E-state index in [1.165, 1.54) is 5.56 Å². The van der Waals surface area contributed by atoms with E-state index in [4.69, 9.17) is 13.9 Å². The second-order valence-electron chi connectivity index (χ2n) is 11.0. The van der Waals surface area contributed by atoms with E-state index in [0.29, 0.717) is 0 Å². The minimum atomic E-state index is 0.00738. The van der Waals surface area contributed by atoms with Crippen molar-refractivity contribution in [3.63, 3.8) is 0 Å². The quantitative estimate of drug-likeness (QED) is 0.212. The van der Waals surface area contributed by atoms with Crippen molar-refractivity contribution in [1.82, 2.24) is 0 Å². The molecule has 0 unspecified atom stereocenters. The molecule has 0 aliphatic carbocycles. The summed E-state index contributed by atoms with van der Waals surface area (Å²) in [6.07, 6.45) is 0. The predicted octanol–water partition coefficient (Wildman–Crippen LogP) is 8.09. The fraction of sp³-hybridized carbons (Fsp3) is 0.0270. The van der Waals surface area contributed by atoms with Crippen molar-refractivity contribution in [2.45, 2.75) is 6.92 Å². The van der Waals surface area contributed by atoms with Gasteiger partial charge in [-0.2, -0.15) is 0 Å². The van der Waals surface area contributed by atoms with Crippen LogP contribution in [0.4, 0.5) is 17.1 Å². The Morgan fingerprint density at radius 2 is 1.24 bits per heavy atom. The lowest BCUT2D eigenvalue weighted by Crippen LogP contribution is -2.57. The molecule has 42 heavy (non-hydrogen) atoms. The van der Waals surface area contributed by atoms with Gasteiger partial charge < -0.3 is 18.8 Å². The molecule has 3 heterocycles. The van der Waals surface area contributed by atoms with Crippen LogP contribution in [-0.2, 0) is 0 Å². The number of anilines is 3. The minimum absolute atomic E-state index is 0.00738. The molecule has 0 saturated heterocycles. The fourth-order valence-electron chi connectivity index (χ4n) is 6.58. The van der Waals surface area contributed by atoms with Gasteiger partial charge in [0, 0.05) is 39.4 Å². The van der Waals surface area contributed by atoms with Gasteiger partial charge in [-0.15, -0.1) is 0 Å². The fourth-order valence-corrected chi connectivity index (χ4v) is 6.58. The average Bonchev–Trinajstić information content (AvgIpc) is 3.39. The highest BCUT2D eigenvalue weighted by Crippen LogP contribution is 2.45. The van der Waals surface area contributed by atoms with Crippen LogP contribution in [0.15, 0.2) is 132 Å². The van der Waals surface area contributed by atoms with Crippen molar-refractivity contribution < 1.29 is 13.9 Å². The molecule has 1 aromatic heterocycles. The lowest BCUT2D eigenvalue weighted by Gasteiger charge is -2.32. The van der Waals surface area contributed by atoms with E-state index in [9.17, 15) is 0 Å². The van der Waals surface area contributed by atoms with Gasteiger partial charge in [0.25, 0.3) is 6.71 Å². The highest BCUT2D eigenvalue weighted by Gasteiger charge is 2.41. The Labute approximate surface area is 243 Å². The van der Waals surface area contributed by atoms with Gasteiger partial charge in [0.05, 0.1) is 0 Å². The maximum absolute atomic E-state index is 6.70. The second-order valence-corrected chi connectivity index (χ2v) is 11.0. The van der Waals surface area contributed by atoms with Gasteiger partial charge in [-0.05, 0) is 78.0 Å². The molecule has 5 heteroatoms. The number of fused-ring (bicyclic) bond motifs is 8. The molecule has 2 aliphatic heterocycles. The molecule has 6 aromatic carbocycles. The molecule has 2 aliphatic rings. The van der Waals surface area contributed by atoms with E-state index in [-0.39, 0.29) is 6.71 Å². The van der Waals surface area contributed by atoms with E-state index in [1.54, 1.807) is 0 Å². The molecule has 4 nitrogen and oxygen atoms in total. The zero-order valence-corrected chi connectivity index (χ0v) is 22.9. The molecular formula is C37H24BNO3. The predicted molar refractivity (Wildman–Crippen MR) is 171 cm³/mol. The van der Waals surface area contributed by atoms with Crippen molar-refractivity contribution in [1.29, 1.82) is 0 Å². The number of para-hydroxylation sites is 3. The first-order valence-corrected chi connectivity index (χ1v) is 14.2. The molecule has 0 atom stereocenters. The van der Waals surface area contributed by atoms with E-state index < -0.39 is 0 Å². The smallest absolute Gasteiger partial charge is 0.260 e. The molecule has 0 radical (unpaired) electrons. The van der Waals surface area contributed by atoms with Gasteiger partial charge in [0.2, 0.25) is 0 Å². The molecule has 0 N–H and O–H groups in total. The van der Waals surface area contributed by atoms with Crippen LogP contribution in [0.3, 0.4) is 0 Å². The largest absolute Gasteiger partial charge is 0.458 e. The Morgan fingerprint density at radius 1 is 0.548 bits per heavy atom. The Balaban J connectivity index is 1.27. The Hall–Kier alpha value is -5.42. The van der Waals surface area contributed by atoms with Crippen molar-refractivity contribution in [3.8, 4) is 23.0 Å². The first-order chi connectivity index (χ1) is 20.7. The van der Waals surface area contributed by atoms with Gasteiger partial charge in [0.15, 0.2) is 11.3 Å². The summed E-state index contributed by atoms with van der Waals surface area (Å²) < 4.78 is 19.9. The van der Waals surface area contributed by atoms with Gasteiger partial charge >= 0.3 is 0 Å². The lowest BCUT2D eigenvalue weighted by atomic mass is 9.35. The molecule has 0 saturated carbocycles. The first kappa shape index (κ1) is 23.3. The molecule has 0 amide bonds. The molecule has 198 valence electrons. The Kier molecular flexibility index (Phi) is 4.88. The second kappa shape index (κ2) is 8.79. The summed E-state index contributed by atoms with van der Waals surface area (Å²) in [5.74, 6) is 3.27. The molecule has 0 spiro atoms. The number of furan rings is 1. The molecule has 9 rings (SSSR count). The number of benzene rings is 6. The number of aryl methyl sites for hydroxylation is 1. The topological polar surface area (TPSA) is 34.8 Å². The van der Waals surface area contributed by atoms with Gasteiger partial charge in [-0.3, -0.25) is 0 Å². The third kappa shape index (κ3) is 3.37. The molecule has 7 aromatic rings. The van der Waals surface area contributed by atoms with Crippen LogP contribution in [-0.4, -0.2) is 6.71 Å². The third-order valence-electron chi connectivity index (χ3n) is 8.42. The van der Waals surface area contributed by atoms with Crippen LogP contribution in [0.25, 0.3) is 21.9 Å². The van der Waals surface area contributed by atoms with Gasteiger partial charge in [-0.25, -0.2) is 0 Å². The summed E-state index contributed by atoms with van der Waals surface area (Å²) in [6, 6.07) is 44.1. The summed E-state index contributed by atoms with van der Waals surface area (Å²) in [5, 5.41) is 2.00. The lowest BCUT2D eigenvalue weighted by molar-refractivity contribution is 0.462. The number of nitrogens with zero attached hydrogens (tertiary/aromatic N) is 1. The SMILES string of the molecule is Cc1cccc(N(c2ccccc2)c2ccc3c(c2)oc2c4c5c(cc23)Oc2ccccc2B5c2ccccc2O4)c1. The summed E-state index contributed by atoms with van der Waals surface area (Å²) in [7, 11) is 0. The minimum Gasteiger partial charge on any atom is -0.458 e. The van der Waals surface area contributed by atoms with E-state index in [2.05, 4.69) is 109 Å². The number of hydrogen-bond acceptors (Lipinski definition) is 4. The summed E-state index contributed by atoms with van der Waals surface area (Å²) in [6.45, 7) is 2.13. The zero-order valence-electron chi connectivity index (χ0n) is 22.9. The van der Waals surface area contributed by atoms with Gasteiger partial charge in [0.1, 0.15) is 22.8 Å². The third-order valence-corrected chi connectivity index (χ3v) is 8.42. The highest BCUT2D eigenvalue weighted by atomic mass is 16.5. The summed E-state index contributed by atoms with van der Waals surface area (Å²) >= 11 is 0. The van der Waals surface area contributed by atoms with Crippen molar-refractivity contribution in [2.24, 2.45) is 0 Å². The summed E-state index contributed by atoms with van der Waals surface area (Å²) in [4.78, 5) is 2.26. The van der Waals surface area contributed by atoms with Crippen molar-refractivity contribution in [3.05, 3.63) is 133 Å². The van der Waals surface area contributed by atoms with E-state index >= 15 is 0 Å². The van der Waals surface area contributed by atoms with E-state index in [0.717, 1.165) is 78.4 Å². The Morgan fingerprint density at radius 3 is 2.02 bits per heavy atom. The number of hydrogen-bond donors (Lipinski definition) is 0. The maximum atomic E-state index is 6.70. The van der Waals surface area contributed by atoms with Crippen LogP contribution >= 0.6 is 0 Å².